The predicted molar refractivity (Wildman–Crippen MR) is 83.9 cm³/mol. The van der Waals surface area contributed by atoms with Crippen LogP contribution in [0.4, 0.5) is 0 Å². The van der Waals surface area contributed by atoms with Crippen LogP contribution in [0.25, 0.3) is 0 Å². The highest BCUT2D eigenvalue weighted by Crippen LogP contribution is 2.49. The number of hydrogen-bond donors (Lipinski definition) is 1. The highest BCUT2D eigenvalue weighted by Gasteiger charge is 2.37. The Balaban J connectivity index is 2.25. The Morgan fingerprint density at radius 2 is 2.35 bits per heavy atom. The second-order valence-electron chi connectivity index (χ2n) is 4.93. The molecule has 0 unspecified atom stereocenters. The molecule has 0 aromatic carbocycles. The number of carbonyl (C=O) groups is 1. The molecule has 6 nitrogen and oxygen atoms in total. The lowest BCUT2D eigenvalue weighted by Crippen LogP contribution is -2.21. The number of methoxy groups -OCH3 is 1. The van der Waals surface area contributed by atoms with Gasteiger partial charge in [0.05, 0.1) is 17.9 Å². The number of esters is 1. The third kappa shape index (κ3) is 2.33. The second kappa shape index (κ2) is 5.74. The molecule has 0 radical (unpaired) electrons. The quantitative estimate of drug-likeness (QED) is 0.851. The number of allylic oxidation sites excluding steroid dienone is 1. The molecule has 0 spiro atoms. The molecule has 23 heavy (non-hydrogen) atoms. The summed E-state index contributed by atoms with van der Waals surface area (Å²) in [4.78, 5) is 17.6. The lowest BCUT2D eigenvalue weighted by Gasteiger charge is -2.23. The Bertz CT molecular complexity index is 849. The van der Waals surface area contributed by atoms with Gasteiger partial charge in [0.1, 0.15) is 17.2 Å². The summed E-state index contributed by atoms with van der Waals surface area (Å²) in [6.07, 6.45) is 3.33. The minimum atomic E-state index is -0.488. The average Bonchev–Trinajstić information content (AvgIpc) is 2.89. The predicted octanol–water partition coefficient (Wildman–Crippen LogP) is 2.46. The van der Waals surface area contributed by atoms with Gasteiger partial charge in [-0.15, -0.1) is 11.3 Å². The molecule has 3 rings (SSSR count). The Labute approximate surface area is 136 Å². The zero-order chi connectivity index (χ0) is 16.6. The number of aryl methyl sites for hydroxylation is 1. The number of hydrogen-bond acceptors (Lipinski definition) is 7. The summed E-state index contributed by atoms with van der Waals surface area (Å²) in [6, 6.07) is 5.76. The topological polar surface area (TPSA) is 98.2 Å². The van der Waals surface area contributed by atoms with Gasteiger partial charge in [0.15, 0.2) is 5.75 Å². The summed E-state index contributed by atoms with van der Waals surface area (Å²) < 4.78 is 10.4. The van der Waals surface area contributed by atoms with Crippen LogP contribution in [0, 0.1) is 18.3 Å². The van der Waals surface area contributed by atoms with E-state index in [-0.39, 0.29) is 5.88 Å². The summed E-state index contributed by atoms with van der Waals surface area (Å²) >= 11 is 1.39. The maximum Gasteiger partial charge on any atom is 0.342 e. The van der Waals surface area contributed by atoms with Crippen LogP contribution in [0.15, 0.2) is 36.0 Å². The molecule has 1 atom stereocenters. The Kier molecular flexibility index (Phi) is 3.76. The smallest absolute Gasteiger partial charge is 0.342 e. The number of ether oxygens (including phenoxy) is 2. The van der Waals surface area contributed by atoms with E-state index in [1.54, 1.807) is 25.4 Å². The number of carbonyl (C=O) groups excluding carboxylic acids is 1. The number of fused-ring (bicyclic) bond motifs is 1. The van der Waals surface area contributed by atoms with Gasteiger partial charge in [0.25, 0.3) is 0 Å². The van der Waals surface area contributed by atoms with Crippen molar-refractivity contribution in [3.8, 4) is 11.8 Å². The van der Waals surface area contributed by atoms with Crippen molar-refractivity contribution in [2.24, 2.45) is 5.73 Å². The van der Waals surface area contributed by atoms with Crippen LogP contribution in [0.5, 0.6) is 5.75 Å². The van der Waals surface area contributed by atoms with Gasteiger partial charge in [0.2, 0.25) is 5.88 Å². The number of pyridine rings is 1. The van der Waals surface area contributed by atoms with Crippen LogP contribution in [0.1, 0.15) is 31.6 Å². The highest BCUT2D eigenvalue weighted by atomic mass is 32.1. The van der Waals surface area contributed by atoms with Gasteiger partial charge in [-0.05, 0) is 18.6 Å². The number of nitrogens with zero attached hydrogens (tertiary/aromatic N) is 2. The van der Waals surface area contributed by atoms with Crippen LogP contribution in [-0.4, -0.2) is 18.1 Å². The fourth-order valence-corrected chi connectivity index (χ4v) is 3.81. The zero-order valence-electron chi connectivity index (χ0n) is 12.5. The molecule has 1 aliphatic heterocycles. The van der Waals surface area contributed by atoms with Gasteiger partial charge in [-0.25, -0.2) is 4.79 Å². The monoisotopic (exact) mass is 327 g/mol. The van der Waals surface area contributed by atoms with Gasteiger partial charge in [-0.2, -0.15) is 5.26 Å². The van der Waals surface area contributed by atoms with E-state index < -0.39 is 11.9 Å². The molecular formula is C16H13N3O3S. The standard InChI is InChI=1S/C16H13N3O3S/c1-8-11(16(20)21-2)13-14(23-8)12(9-4-3-5-19-7-9)10(6-17)15(18)22-13/h3-5,7,12H,18H2,1-2H3/t12-/m0/s1. The summed E-state index contributed by atoms with van der Waals surface area (Å²) in [7, 11) is 1.31. The van der Waals surface area contributed by atoms with E-state index in [1.165, 1.54) is 18.4 Å². The molecule has 0 amide bonds. The van der Waals surface area contributed by atoms with E-state index in [9.17, 15) is 10.1 Å². The van der Waals surface area contributed by atoms with Crippen molar-refractivity contribution in [3.05, 3.63) is 56.9 Å². The van der Waals surface area contributed by atoms with Crippen molar-refractivity contribution in [2.75, 3.05) is 7.11 Å². The van der Waals surface area contributed by atoms with E-state index in [2.05, 4.69) is 11.1 Å². The molecule has 2 aromatic rings. The Hall–Kier alpha value is -2.85. The molecule has 0 saturated carbocycles. The fraction of sp³-hybridized carbons (Fsp3) is 0.188. The van der Waals surface area contributed by atoms with E-state index in [0.717, 1.165) is 15.3 Å². The van der Waals surface area contributed by atoms with Crippen molar-refractivity contribution < 1.29 is 14.3 Å². The molecule has 0 saturated heterocycles. The first kappa shape index (κ1) is 15.1. The maximum absolute atomic E-state index is 12.0. The SMILES string of the molecule is COC(=O)c1c(C)sc2c1OC(N)=C(C#N)[C@@H]2c1cccnc1. The number of thiophene rings is 1. The number of aromatic nitrogens is 1. The minimum absolute atomic E-state index is 0.00296. The molecule has 116 valence electrons. The molecule has 2 aromatic heterocycles. The first-order valence-corrected chi connectivity index (χ1v) is 7.59. The molecule has 1 aliphatic rings. The van der Waals surface area contributed by atoms with Gasteiger partial charge >= 0.3 is 5.97 Å². The van der Waals surface area contributed by atoms with Gasteiger partial charge in [0, 0.05) is 17.3 Å². The molecule has 2 N–H and O–H groups in total. The summed E-state index contributed by atoms with van der Waals surface area (Å²) in [5.41, 5.74) is 7.39. The van der Waals surface area contributed by atoms with Crippen molar-refractivity contribution in [1.29, 1.82) is 5.26 Å². The van der Waals surface area contributed by atoms with Crippen molar-refractivity contribution in [1.82, 2.24) is 4.98 Å². The molecule has 3 heterocycles. The number of nitrogens with two attached hydrogens (primary N) is 1. The molecule has 7 heteroatoms. The van der Waals surface area contributed by atoms with Gasteiger partial charge in [-0.1, -0.05) is 6.07 Å². The van der Waals surface area contributed by atoms with E-state index >= 15 is 0 Å². The highest BCUT2D eigenvalue weighted by molar-refractivity contribution is 7.12. The van der Waals surface area contributed by atoms with E-state index in [0.29, 0.717) is 16.9 Å². The fourth-order valence-electron chi connectivity index (χ4n) is 2.60. The third-order valence-corrected chi connectivity index (χ3v) is 4.77. The first-order valence-electron chi connectivity index (χ1n) is 6.77. The maximum atomic E-state index is 12.0. The molecule has 0 fully saturated rings. The van der Waals surface area contributed by atoms with Crippen molar-refractivity contribution in [2.45, 2.75) is 12.8 Å². The largest absolute Gasteiger partial charge is 0.465 e. The van der Waals surface area contributed by atoms with E-state index in [4.69, 9.17) is 15.2 Å². The van der Waals surface area contributed by atoms with Crippen molar-refractivity contribution in [3.63, 3.8) is 0 Å². The molecular weight excluding hydrogens is 314 g/mol. The third-order valence-electron chi connectivity index (χ3n) is 3.62. The summed E-state index contributed by atoms with van der Waals surface area (Å²) in [5.74, 6) is -0.529. The van der Waals surface area contributed by atoms with Gasteiger partial charge < -0.3 is 15.2 Å². The average molecular weight is 327 g/mol. The normalized spacial score (nSPS) is 16.3. The molecule has 0 bridgehead atoms. The van der Waals surface area contributed by atoms with Crippen LogP contribution in [-0.2, 0) is 4.74 Å². The van der Waals surface area contributed by atoms with Gasteiger partial charge in [-0.3, -0.25) is 4.98 Å². The van der Waals surface area contributed by atoms with Crippen LogP contribution in [0.3, 0.4) is 0 Å². The number of rotatable bonds is 2. The lowest BCUT2D eigenvalue weighted by molar-refractivity contribution is 0.0597. The lowest BCUT2D eigenvalue weighted by atomic mass is 9.89. The Morgan fingerprint density at radius 1 is 1.57 bits per heavy atom. The number of nitriles is 1. The second-order valence-corrected chi connectivity index (χ2v) is 6.19. The summed E-state index contributed by atoms with van der Waals surface area (Å²) in [5, 5.41) is 9.47. The van der Waals surface area contributed by atoms with Crippen LogP contribution in [0.2, 0.25) is 0 Å². The van der Waals surface area contributed by atoms with Crippen LogP contribution >= 0.6 is 11.3 Å². The summed E-state index contributed by atoms with van der Waals surface area (Å²) in [6.45, 7) is 1.81. The first-order chi connectivity index (χ1) is 11.1. The minimum Gasteiger partial charge on any atom is -0.465 e. The zero-order valence-corrected chi connectivity index (χ0v) is 13.3. The Morgan fingerprint density at radius 3 is 2.96 bits per heavy atom. The van der Waals surface area contributed by atoms with E-state index in [1.807, 2.05) is 6.07 Å². The van der Waals surface area contributed by atoms with Crippen molar-refractivity contribution >= 4 is 17.3 Å². The van der Waals surface area contributed by atoms with Crippen LogP contribution < -0.4 is 10.5 Å². The molecule has 0 aliphatic carbocycles.